The molecule has 3 N–H and O–H groups in total. The lowest BCUT2D eigenvalue weighted by Gasteiger charge is -2.14. The summed E-state index contributed by atoms with van der Waals surface area (Å²) >= 11 is 12.5. The van der Waals surface area contributed by atoms with Crippen molar-refractivity contribution in [1.29, 1.82) is 5.26 Å². The van der Waals surface area contributed by atoms with E-state index >= 15 is 0 Å². The lowest BCUT2D eigenvalue weighted by molar-refractivity contribution is 0.147. The zero-order valence-electron chi connectivity index (χ0n) is 17.8. The maximum absolute atomic E-state index is 12.8. The molecule has 184 valence electrons. The first-order chi connectivity index (χ1) is 16.3. The van der Waals surface area contributed by atoms with Crippen molar-refractivity contribution in [2.24, 2.45) is 0 Å². The fourth-order valence-corrected chi connectivity index (χ4v) is 3.57. The molecule has 0 saturated heterocycles. The van der Waals surface area contributed by atoms with E-state index in [1.807, 2.05) is 0 Å². The molecule has 0 unspecified atom stereocenters. The van der Waals surface area contributed by atoms with Crippen molar-refractivity contribution in [2.75, 3.05) is 0 Å². The molecule has 0 saturated carbocycles. The van der Waals surface area contributed by atoms with Crippen molar-refractivity contribution in [3.8, 4) is 23.4 Å². The van der Waals surface area contributed by atoms with E-state index in [2.05, 4.69) is 19.8 Å². The highest BCUT2D eigenvalue weighted by Crippen LogP contribution is 2.38. The van der Waals surface area contributed by atoms with Crippen LogP contribution in [0.15, 0.2) is 32.6 Å². The number of hydrogen-bond donors (Lipinski definition) is 3. The number of halogens is 2. The number of aromatic amines is 1. The summed E-state index contributed by atoms with van der Waals surface area (Å²) in [6.07, 6.45) is 0. The molecule has 2 heterocycles. The van der Waals surface area contributed by atoms with Crippen LogP contribution in [0.3, 0.4) is 0 Å². The number of rotatable bonds is 7. The Hall–Kier alpha value is -3.31. The number of ether oxygens (including phenoxy) is 1. The van der Waals surface area contributed by atoms with E-state index in [-0.39, 0.29) is 37.8 Å². The Morgan fingerprint density at radius 1 is 1.20 bits per heavy atom. The zero-order chi connectivity index (χ0) is 26.1. The highest BCUT2D eigenvalue weighted by Gasteiger charge is 2.21. The van der Waals surface area contributed by atoms with Gasteiger partial charge in [-0.25, -0.2) is 19.0 Å². The van der Waals surface area contributed by atoms with Crippen LogP contribution in [0, 0.1) is 11.3 Å². The van der Waals surface area contributed by atoms with Crippen molar-refractivity contribution in [3.63, 3.8) is 0 Å². The van der Waals surface area contributed by atoms with Gasteiger partial charge in [0, 0.05) is 11.6 Å². The predicted octanol–water partition coefficient (Wildman–Crippen LogP) is 1.64. The minimum Gasteiger partial charge on any atom is -0.434 e. The van der Waals surface area contributed by atoms with Crippen molar-refractivity contribution < 1.29 is 23.6 Å². The molecular formula is C18H15Cl2N6O8P. The minimum atomic E-state index is -5.05. The fraction of sp³-hybridized carbons (Fsp3) is 0.222. The summed E-state index contributed by atoms with van der Waals surface area (Å²) in [5, 5.41) is 18.7. The van der Waals surface area contributed by atoms with Crippen LogP contribution in [0.1, 0.15) is 31.0 Å². The molecule has 0 aliphatic rings. The van der Waals surface area contributed by atoms with Gasteiger partial charge in [0.1, 0.15) is 12.8 Å². The first-order valence-corrected chi connectivity index (χ1v) is 11.7. The summed E-state index contributed by atoms with van der Waals surface area (Å²) in [5.74, 6) is -0.233. The zero-order valence-corrected chi connectivity index (χ0v) is 20.2. The quantitative estimate of drug-likeness (QED) is 0.364. The molecule has 17 heteroatoms. The molecule has 0 fully saturated rings. The Morgan fingerprint density at radius 3 is 2.37 bits per heavy atom. The minimum absolute atomic E-state index is 0.0185. The first kappa shape index (κ1) is 26.3. The van der Waals surface area contributed by atoms with Gasteiger partial charge in [-0.05, 0) is 18.1 Å². The number of benzene rings is 1. The van der Waals surface area contributed by atoms with Crippen molar-refractivity contribution in [3.05, 3.63) is 70.7 Å². The second-order valence-electron chi connectivity index (χ2n) is 7.12. The van der Waals surface area contributed by atoms with Gasteiger partial charge in [-0.2, -0.15) is 9.94 Å². The van der Waals surface area contributed by atoms with Crippen molar-refractivity contribution in [1.82, 2.24) is 24.5 Å². The molecule has 0 aliphatic carbocycles. The summed E-state index contributed by atoms with van der Waals surface area (Å²) in [6.45, 7) is 2.44. The molecule has 1 aromatic carbocycles. The number of nitrogens with zero attached hydrogens (tertiary/aromatic N) is 5. The average Bonchev–Trinajstić information content (AvgIpc) is 2.76. The second-order valence-corrected chi connectivity index (χ2v) is 9.18. The van der Waals surface area contributed by atoms with Crippen LogP contribution in [0.2, 0.25) is 10.0 Å². The van der Waals surface area contributed by atoms with E-state index in [4.69, 9.17) is 37.7 Å². The van der Waals surface area contributed by atoms with Crippen LogP contribution in [-0.2, 0) is 15.8 Å². The third-order valence-electron chi connectivity index (χ3n) is 4.39. The second kappa shape index (κ2) is 10.1. The number of hydrogen-bond acceptors (Lipinski definition) is 9. The maximum atomic E-state index is 12.8. The molecular weight excluding hydrogens is 530 g/mol. The Balaban J connectivity index is 2.08. The molecule has 3 rings (SSSR count). The molecule has 0 atom stereocenters. The van der Waals surface area contributed by atoms with Gasteiger partial charge in [0.25, 0.3) is 11.1 Å². The van der Waals surface area contributed by atoms with Gasteiger partial charge in [0.15, 0.2) is 5.75 Å². The number of nitrogens with one attached hydrogen (secondary N) is 1. The van der Waals surface area contributed by atoms with Crippen molar-refractivity contribution in [2.45, 2.75) is 26.5 Å². The van der Waals surface area contributed by atoms with Gasteiger partial charge in [-0.3, -0.25) is 14.1 Å². The molecule has 35 heavy (non-hydrogen) atoms. The van der Waals surface area contributed by atoms with Crippen LogP contribution in [0.5, 0.6) is 11.6 Å². The van der Waals surface area contributed by atoms with E-state index < -0.39 is 37.1 Å². The monoisotopic (exact) mass is 544 g/mol. The van der Waals surface area contributed by atoms with Gasteiger partial charge < -0.3 is 14.5 Å². The van der Waals surface area contributed by atoms with Crippen LogP contribution in [0.4, 0.5) is 0 Å². The SMILES string of the molecule is CC(C)c1cc(Oc2c(Cl)cc(-n3nc(C#N)c(=O)n(COP(=O)(O)O)c3=O)cc2Cl)n[nH]c1=O. The molecule has 0 amide bonds. The highest BCUT2D eigenvalue weighted by atomic mass is 35.5. The summed E-state index contributed by atoms with van der Waals surface area (Å²) in [7, 11) is -5.05. The standard InChI is InChI=1S/C18H15Cl2N6O8P/c1-8(2)10-5-14(22-23-16(10)27)34-15-11(19)3-9(4-12(15)20)26-18(29)25(7-33-35(30,31)32)17(28)13(6-21)24-26/h3-5,8H,7H2,1-2H3,(H,23,27)(H2,30,31,32). The maximum Gasteiger partial charge on any atom is 0.471 e. The van der Waals surface area contributed by atoms with Gasteiger partial charge in [0.2, 0.25) is 11.6 Å². The Labute approximate surface area is 205 Å². The normalized spacial score (nSPS) is 11.5. The fourth-order valence-electron chi connectivity index (χ4n) is 2.75. The van der Waals surface area contributed by atoms with Crippen LogP contribution >= 0.6 is 31.0 Å². The van der Waals surface area contributed by atoms with Crippen LogP contribution in [-0.4, -0.2) is 34.3 Å². The van der Waals surface area contributed by atoms with Gasteiger partial charge in [-0.1, -0.05) is 37.0 Å². The average molecular weight is 545 g/mol. The van der Waals surface area contributed by atoms with E-state index in [1.54, 1.807) is 13.8 Å². The predicted molar refractivity (Wildman–Crippen MR) is 121 cm³/mol. The number of nitriles is 1. The Kier molecular flexibility index (Phi) is 7.61. The summed E-state index contributed by atoms with van der Waals surface area (Å²) in [6, 6.07) is 5.23. The topological polar surface area (TPSA) is 202 Å². The van der Waals surface area contributed by atoms with Gasteiger partial charge in [0.05, 0.1) is 15.7 Å². The molecule has 3 aromatic rings. The molecule has 0 spiro atoms. The molecule has 14 nitrogen and oxygen atoms in total. The van der Waals surface area contributed by atoms with E-state index in [0.717, 1.165) is 0 Å². The third kappa shape index (κ3) is 5.85. The number of phosphoric acid groups is 1. The van der Waals surface area contributed by atoms with E-state index in [1.165, 1.54) is 24.3 Å². The molecule has 2 aromatic heterocycles. The number of aromatic nitrogens is 5. The Morgan fingerprint density at radius 2 is 1.83 bits per heavy atom. The van der Waals surface area contributed by atoms with Gasteiger partial charge in [-0.15, -0.1) is 10.2 Å². The van der Waals surface area contributed by atoms with Crippen LogP contribution < -0.4 is 21.5 Å². The van der Waals surface area contributed by atoms with Crippen molar-refractivity contribution >= 4 is 31.0 Å². The third-order valence-corrected chi connectivity index (χ3v) is 5.40. The largest absolute Gasteiger partial charge is 0.471 e. The van der Waals surface area contributed by atoms with Gasteiger partial charge >= 0.3 is 13.5 Å². The summed E-state index contributed by atoms with van der Waals surface area (Å²) < 4.78 is 21.6. The smallest absolute Gasteiger partial charge is 0.434 e. The van der Waals surface area contributed by atoms with Crippen LogP contribution in [0.25, 0.3) is 5.69 Å². The Bertz CT molecular complexity index is 1550. The van der Waals surface area contributed by atoms with E-state index in [9.17, 15) is 24.2 Å². The molecule has 0 aliphatic heterocycles. The molecule has 0 radical (unpaired) electrons. The highest BCUT2D eigenvalue weighted by molar-refractivity contribution is 7.46. The molecule has 0 bridgehead atoms. The lowest BCUT2D eigenvalue weighted by Crippen LogP contribution is -2.42. The van der Waals surface area contributed by atoms with E-state index in [0.29, 0.717) is 10.2 Å². The summed E-state index contributed by atoms with van der Waals surface area (Å²) in [4.78, 5) is 54.6. The lowest BCUT2D eigenvalue weighted by atomic mass is 10.1. The number of H-pyrrole nitrogens is 1. The number of phosphoric ester groups is 1. The summed E-state index contributed by atoms with van der Waals surface area (Å²) in [5.41, 5.74) is -3.31. The first-order valence-electron chi connectivity index (χ1n) is 9.43.